The molecular formula is C8H5F3OY11-2. The molecule has 1 aromatic rings. The first kappa shape index (κ1) is 70.0. The second-order valence-electron chi connectivity index (χ2n) is 2.20. The van der Waals surface area contributed by atoms with E-state index >= 15 is 0 Å². The van der Waals surface area contributed by atoms with Crippen LogP contribution in [0.25, 0.3) is 0 Å². The summed E-state index contributed by atoms with van der Waals surface area (Å²) in [4.78, 5) is 0. The molecule has 0 aliphatic heterocycles. The van der Waals surface area contributed by atoms with Crippen molar-refractivity contribution in [2.24, 2.45) is 0 Å². The van der Waals surface area contributed by atoms with Gasteiger partial charge < -0.3 is 16.9 Å². The van der Waals surface area contributed by atoms with Gasteiger partial charge in [0.15, 0.2) is 0 Å². The fourth-order valence-corrected chi connectivity index (χ4v) is 0.617. The zero-order valence-electron chi connectivity index (χ0n) is 12.5. The van der Waals surface area contributed by atoms with Crippen LogP contribution in [0.2, 0.25) is 0 Å². The Balaban J connectivity index is -0.0000000145. The number of benzene rings is 1. The number of ether oxygens (including phenoxy) is 1. The van der Waals surface area contributed by atoms with E-state index in [4.69, 9.17) is 0 Å². The average Bonchev–Trinajstić information content (AvgIpc) is 1.91. The number of rotatable bonds is 1. The monoisotopic (exact) mass is 1150 g/mol. The van der Waals surface area contributed by atoms with Gasteiger partial charge in [-0.2, -0.15) is 0 Å². The predicted molar refractivity (Wildman–Crippen MR) is 35.5 cm³/mol. The first-order valence-electron chi connectivity index (χ1n) is 3.13. The fourth-order valence-electron chi connectivity index (χ4n) is 0.617. The van der Waals surface area contributed by atoms with Crippen LogP contribution in [0.1, 0.15) is 5.56 Å². The first-order chi connectivity index (χ1) is 5.47. The van der Waals surface area contributed by atoms with E-state index in [1.54, 1.807) is 6.92 Å². The van der Waals surface area contributed by atoms with Crippen molar-refractivity contribution in [2.75, 3.05) is 0 Å². The minimum Gasteiger partial charge on any atom is -0.459 e. The van der Waals surface area contributed by atoms with E-state index in [0.717, 1.165) is 5.56 Å². The van der Waals surface area contributed by atoms with Gasteiger partial charge in [0.25, 0.3) is 0 Å². The molecule has 0 fully saturated rings. The predicted octanol–water partition coefficient (Wildman–Crippen LogP) is 2.47. The Kier molecular flexibility index (Phi) is 131. The van der Waals surface area contributed by atoms with Gasteiger partial charge in [-0.25, -0.2) is 0 Å². The van der Waals surface area contributed by atoms with Gasteiger partial charge >= 0.3 is 6.36 Å². The molecule has 0 aliphatic carbocycles. The third-order valence-electron chi connectivity index (χ3n) is 1.08. The van der Waals surface area contributed by atoms with Crippen molar-refractivity contribution in [1.82, 2.24) is 0 Å². The molecule has 99 valence electrons. The summed E-state index contributed by atoms with van der Waals surface area (Å²) in [7, 11) is 0. The zero-order chi connectivity index (χ0) is 9.19. The van der Waals surface area contributed by atoms with Crippen molar-refractivity contribution in [3.63, 3.8) is 0 Å². The summed E-state index contributed by atoms with van der Waals surface area (Å²) in [5.41, 5.74) is 0.782. The number of hydrogen-bond acceptors (Lipinski definition) is 1. The Labute approximate surface area is 413 Å². The molecule has 1 rings (SSSR count). The van der Waals surface area contributed by atoms with Crippen molar-refractivity contribution in [1.29, 1.82) is 0 Å². The topological polar surface area (TPSA) is 9.23 Å². The molecule has 15 heteroatoms. The van der Waals surface area contributed by atoms with Gasteiger partial charge in [-0.3, -0.25) is 17.7 Å². The number of aryl methyl sites for hydroxylation is 1. The van der Waals surface area contributed by atoms with Crippen LogP contribution in [0.15, 0.2) is 12.1 Å². The van der Waals surface area contributed by atoms with E-state index in [0.29, 0.717) is 0 Å². The fraction of sp³-hybridized carbons (Fsp3) is 0.250. The van der Waals surface area contributed by atoms with Crippen LogP contribution in [0.3, 0.4) is 0 Å². The standard InChI is InChI=1S/C8H5F3O.11Y/c1-6-2-4-7(5-3-6)12-8(9,10)11;;;;;;;;;;;/h2-3H,1H3;;;;;;;;;;;/q-2;;;;;;;;;;;. The Morgan fingerprint density at radius 2 is 0.957 bits per heavy atom. The summed E-state index contributed by atoms with van der Waals surface area (Å²) >= 11 is 0. The quantitative estimate of drug-likeness (QED) is 0.394. The Hall–Kier alpha value is 11.0. The largest absolute Gasteiger partial charge is 0.569 e. The molecule has 0 saturated heterocycles. The summed E-state index contributed by atoms with van der Waals surface area (Å²) in [6.07, 6.45) is -4.66. The van der Waals surface area contributed by atoms with Gasteiger partial charge in [-0.05, 0) is 0 Å². The van der Waals surface area contributed by atoms with Gasteiger partial charge in [0.2, 0.25) is 0 Å². The second kappa shape index (κ2) is 43.1. The van der Waals surface area contributed by atoms with Crippen LogP contribution in [0.4, 0.5) is 13.2 Å². The van der Waals surface area contributed by atoms with E-state index in [1.807, 2.05) is 0 Å². The van der Waals surface area contributed by atoms with E-state index in [2.05, 4.69) is 16.9 Å². The SMILES string of the molecule is Cc1c[c-]c(OC(F)(F)F)[c-]c1.[Y].[Y].[Y].[Y].[Y].[Y].[Y].[Y].[Y].[Y].[Y]. The van der Waals surface area contributed by atoms with Gasteiger partial charge in [0.1, 0.15) is 0 Å². The summed E-state index contributed by atoms with van der Waals surface area (Å²) in [5.74, 6) is -0.437. The molecule has 0 bridgehead atoms. The molecule has 23 heavy (non-hydrogen) atoms. The molecule has 0 saturated carbocycles. The van der Waals surface area contributed by atoms with Gasteiger partial charge in [-0.15, -0.1) is 25.8 Å². The van der Waals surface area contributed by atoms with Crippen LogP contribution in [-0.4, -0.2) is 6.36 Å². The zero-order valence-corrected chi connectivity index (χ0v) is 43.8. The molecule has 11 radical (unpaired) electrons. The van der Waals surface area contributed by atoms with Crippen molar-refractivity contribution in [3.05, 3.63) is 29.8 Å². The number of halogens is 3. The first-order valence-corrected chi connectivity index (χ1v) is 3.13. The minimum absolute atomic E-state index is 0. The average molecular weight is 1150 g/mol. The normalized spacial score (nSPS) is 5.91. The second-order valence-corrected chi connectivity index (χ2v) is 2.20. The molecular weight excluding hydrogens is 1150 g/mol. The van der Waals surface area contributed by atoms with Crippen LogP contribution in [0, 0.1) is 19.1 Å². The van der Waals surface area contributed by atoms with Crippen molar-refractivity contribution < 1.29 is 378 Å². The van der Waals surface area contributed by atoms with Crippen LogP contribution < -0.4 is 4.74 Å². The minimum atomic E-state index is -4.66. The van der Waals surface area contributed by atoms with Crippen LogP contribution >= 0.6 is 0 Å². The van der Waals surface area contributed by atoms with E-state index in [-0.39, 0.29) is 360 Å². The molecule has 1 aromatic carbocycles. The number of alkyl halides is 3. The van der Waals surface area contributed by atoms with Gasteiger partial charge in [0.05, 0.1) is 0 Å². The van der Waals surface area contributed by atoms with E-state index in [9.17, 15) is 13.2 Å². The molecule has 0 unspecified atom stereocenters. The smallest absolute Gasteiger partial charge is 0.459 e. The Bertz CT molecular complexity index is 273. The molecule has 0 N–H and O–H groups in total. The Morgan fingerprint density at radius 3 is 1.17 bits per heavy atom. The summed E-state index contributed by atoms with van der Waals surface area (Å²) in [6, 6.07) is 7.39. The molecule has 0 aliphatic rings. The molecule has 0 amide bonds. The maximum absolute atomic E-state index is 11.6. The Morgan fingerprint density at radius 1 is 0.696 bits per heavy atom. The summed E-state index contributed by atoms with van der Waals surface area (Å²) in [5, 5.41) is 0. The maximum atomic E-state index is 11.6. The molecule has 0 atom stereocenters. The third-order valence-corrected chi connectivity index (χ3v) is 1.08. The summed E-state index contributed by atoms with van der Waals surface area (Å²) < 4.78 is 38.3. The van der Waals surface area contributed by atoms with Gasteiger partial charge in [-0.1, -0.05) is 0 Å². The van der Waals surface area contributed by atoms with Crippen LogP contribution in [0.5, 0.6) is 5.75 Å². The molecule has 0 aromatic heterocycles. The van der Waals surface area contributed by atoms with Gasteiger partial charge in [0, 0.05) is 360 Å². The number of hydrogen-bond donors (Lipinski definition) is 0. The van der Waals surface area contributed by atoms with Crippen molar-refractivity contribution >= 4 is 0 Å². The van der Waals surface area contributed by atoms with E-state index in [1.165, 1.54) is 12.1 Å². The van der Waals surface area contributed by atoms with E-state index < -0.39 is 12.1 Å². The summed E-state index contributed by atoms with van der Waals surface area (Å²) in [6.45, 7) is 1.73. The van der Waals surface area contributed by atoms with Crippen LogP contribution in [-0.2, 0) is 360 Å². The van der Waals surface area contributed by atoms with Crippen molar-refractivity contribution in [3.8, 4) is 5.75 Å². The van der Waals surface area contributed by atoms with Crippen molar-refractivity contribution in [2.45, 2.75) is 13.3 Å². The molecule has 1 nitrogen and oxygen atoms in total. The molecule has 0 spiro atoms. The molecule has 0 heterocycles. The maximum Gasteiger partial charge on any atom is 0.569 e. The third kappa shape index (κ3) is 46.9.